The number of alkyl halides is 4. The van der Waals surface area contributed by atoms with Crippen molar-refractivity contribution in [1.29, 1.82) is 0 Å². The Bertz CT molecular complexity index is 1070. The molecule has 0 saturated carbocycles. The number of nitrogens with zero attached hydrogens (tertiary/aromatic N) is 2. The second kappa shape index (κ2) is 8.60. The van der Waals surface area contributed by atoms with Crippen molar-refractivity contribution < 1.29 is 36.2 Å². The van der Waals surface area contributed by atoms with Crippen LogP contribution in [0.4, 0.5) is 22.0 Å². The predicted octanol–water partition coefficient (Wildman–Crippen LogP) is 4.26. The van der Waals surface area contributed by atoms with E-state index in [0.29, 0.717) is 0 Å². The van der Waals surface area contributed by atoms with Crippen molar-refractivity contribution in [2.45, 2.75) is 50.7 Å². The van der Waals surface area contributed by atoms with Crippen molar-refractivity contribution in [3.63, 3.8) is 0 Å². The highest BCUT2D eigenvalue weighted by atomic mass is 19.3. The number of benzene rings is 1. The number of aromatic nitrogens is 1. The van der Waals surface area contributed by atoms with Crippen LogP contribution in [-0.2, 0) is 16.7 Å². The summed E-state index contributed by atoms with van der Waals surface area (Å²) < 4.78 is 79.5. The smallest absolute Gasteiger partial charge is 0.315 e. The van der Waals surface area contributed by atoms with Crippen LogP contribution in [0.15, 0.2) is 41.5 Å². The number of amidine groups is 1. The molecular weight excluding hydrogens is 449 g/mol. The number of ketones is 1. The van der Waals surface area contributed by atoms with Gasteiger partial charge in [0, 0.05) is 12.0 Å². The maximum Gasteiger partial charge on any atom is 0.315 e. The van der Waals surface area contributed by atoms with E-state index in [4.69, 9.17) is 15.2 Å². The van der Waals surface area contributed by atoms with Gasteiger partial charge in [-0.15, -0.1) is 0 Å². The molecule has 6 nitrogen and oxygen atoms in total. The largest absolute Gasteiger partial charge is 0.486 e. The molecule has 33 heavy (non-hydrogen) atoms. The van der Waals surface area contributed by atoms with Crippen LogP contribution >= 0.6 is 0 Å². The van der Waals surface area contributed by atoms with E-state index < -0.39 is 53.3 Å². The van der Waals surface area contributed by atoms with E-state index in [-0.39, 0.29) is 23.4 Å². The van der Waals surface area contributed by atoms with Gasteiger partial charge in [0.15, 0.2) is 16.9 Å². The summed E-state index contributed by atoms with van der Waals surface area (Å²) in [5.41, 5.74) is 0.942. The molecule has 178 valence electrons. The zero-order valence-corrected chi connectivity index (χ0v) is 18.0. The van der Waals surface area contributed by atoms with Crippen molar-refractivity contribution in [3.8, 4) is 5.75 Å². The molecule has 0 unspecified atom stereocenters. The van der Waals surface area contributed by atoms with Crippen LogP contribution in [0.3, 0.4) is 0 Å². The molecule has 2 heterocycles. The van der Waals surface area contributed by atoms with Crippen molar-refractivity contribution in [2.24, 2.45) is 10.7 Å². The molecule has 3 rings (SSSR count). The molecule has 0 amide bonds. The van der Waals surface area contributed by atoms with Gasteiger partial charge in [0.1, 0.15) is 23.9 Å². The van der Waals surface area contributed by atoms with Gasteiger partial charge in [-0.2, -0.15) is 8.78 Å². The summed E-state index contributed by atoms with van der Waals surface area (Å²) in [5, 5.41) is 0. The van der Waals surface area contributed by atoms with Crippen molar-refractivity contribution >= 4 is 11.8 Å². The first-order valence-corrected chi connectivity index (χ1v) is 9.88. The van der Waals surface area contributed by atoms with Gasteiger partial charge < -0.3 is 15.2 Å². The van der Waals surface area contributed by atoms with E-state index in [0.717, 1.165) is 39.1 Å². The fourth-order valence-corrected chi connectivity index (χ4v) is 3.58. The molecule has 1 aliphatic rings. The highest BCUT2D eigenvalue weighted by Crippen LogP contribution is 2.51. The van der Waals surface area contributed by atoms with Gasteiger partial charge in [-0.1, -0.05) is 6.07 Å². The lowest BCUT2D eigenvalue weighted by molar-refractivity contribution is -0.207. The Balaban J connectivity index is 1.88. The summed E-state index contributed by atoms with van der Waals surface area (Å²) in [6, 6.07) is 5.49. The SMILES string of the molecule is CC1(C)OC(N)=N[C@](C)(c2cc(CC(=O)c3ccc(OCC(F)F)cn3)ccc2F)C1(F)F. The third-order valence-corrected chi connectivity index (χ3v) is 5.38. The summed E-state index contributed by atoms with van der Waals surface area (Å²) in [6.07, 6.45) is -1.82. The summed E-state index contributed by atoms with van der Waals surface area (Å²) >= 11 is 0. The fourth-order valence-electron chi connectivity index (χ4n) is 3.58. The first kappa shape index (κ1) is 24.4. The van der Waals surface area contributed by atoms with Crippen molar-refractivity contribution in [3.05, 3.63) is 59.2 Å². The molecule has 1 atom stereocenters. The number of carbonyl (C=O) groups excluding carboxylic acids is 1. The average molecular weight is 471 g/mol. The van der Waals surface area contributed by atoms with Gasteiger partial charge in [-0.25, -0.2) is 23.1 Å². The lowest BCUT2D eigenvalue weighted by Crippen LogP contribution is -2.62. The summed E-state index contributed by atoms with van der Waals surface area (Å²) in [4.78, 5) is 20.2. The normalized spacial score (nSPS) is 21.3. The minimum atomic E-state index is -3.65. The minimum Gasteiger partial charge on any atom is -0.486 e. The first-order chi connectivity index (χ1) is 15.3. The number of nitrogens with two attached hydrogens (primary N) is 1. The highest BCUT2D eigenvalue weighted by Gasteiger charge is 2.66. The van der Waals surface area contributed by atoms with E-state index in [2.05, 4.69) is 9.98 Å². The first-order valence-electron chi connectivity index (χ1n) is 9.88. The fraction of sp³-hybridized carbons (Fsp3) is 0.409. The standard InChI is InChI=1S/C22H22F5N3O3/c1-20(2)22(26,27)21(3,30-19(28)33-20)14-8-12(4-6-15(14)23)9-17(31)16-7-5-13(10-29-16)32-11-18(24)25/h4-8,10,18H,9,11H2,1-3H3,(H2,28,30)/t21-/m1/s1. The van der Waals surface area contributed by atoms with E-state index >= 15 is 8.78 Å². The van der Waals surface area contributed by atoms with Crippen molar-refractivity contribution in [1.82, 2.24) is 4.98 Å². The monoisotopic (exact) mass is 471 g/mol. The average Bonchev–Trinajstić information content (AvgIpc) is 2.72. The van der Waals surface area contributed by atoms with Crippen LogP contribution in [0, 0.1) is 5.82 Å². The second-order valence-electron chi connectivity index (χ2n) is 8.20. The Morgan fingerprint density at radius 2 is 1.88 bits per heavy atom. The maximum absolute atomic E-state index is 15.3. The quantitative estimate of drug-likeness (QED) is 0.482. The van der Waals surface area contributed by atoms with Crippen LogP contribution < -0.4 is 10.5 Å². The topological polar surface area (TPSA) is 86.8 Å². The Hall–Kier alpha value is -3.24. The number of aliphatic imine (C=N–C) groups is 1. The zero-order chi connectivity index (χ0) is 24.6. The number of pyridine rings is 1. The Morgan fingerprint density at radius 3 is 2.48 bits per heavy atom. The molecule has 0 aliphatic carbocycles. The third-order valence-electron chi connectivity index (χ3n) is 5.38. The number of halogens is 5. The Kier molecular flexibility index (Phi) is 6.36. The van der Waals surface area contributed by atoms with Crippen molar-refractivity contribution in [2.75, 3.05) is 6.61 Å². The number of hydrogen-bond acceptors (Lipinski definition) is 6. The molecule has 1 aromatic heterocycles. The van der Waals surface area contributed by atoms with E-state index in [9.17, 15) is 18.0 Å². The summed E-state index contributed by atoms with van der Waals surface area (Å²) in [5.74, 6) is -5.03. The molecular formula is C22H22F5N3O3. The van der Waals surface area contributed by atoms with Gasteiger partial charge in [0.25, 0.3) is 12.4 Å². The Morgan fingerprint density at radius 1 is 1.18 bits per heavy atom. The lowest BCUT2D eigenvalue weighted by atomic mass is 9.76. The van der Waals surface area contributed by atoms with Gasteiger partial charge in [0.05, 0.1) is 6.20 Å². The molecule has 1 aromatic carbocycles. The minimum absolute atomic E-state index is 0.00345. The van der Waals surface area contributed by atoms with Gasteiger partial charge in [0.2, 0.25) is 0 Å². The second-order valence-corrected chi connectivity index (χ2v) is 8.20. The molecule has 0 bridgehead atoms. The number of hydrogen-bond donors (Lipinski definition) is 1. The number of carbonyl (C=O) groups is 1. The Labute approximate surface area is 186 Å². The molecule has 0 spiro atoms. The van der Waals surface area contributed by atoms with Crippen LogP contribution in [0.5, 0.6) is 5.75 Å². The van der Waals surface area contributed by atoms with Gasteiger partial charge >= 0.3 is 5.92 Å². The zero-order valence-electron chi connectivity index (χ0n) is 18.0. The van der Waals surface area contributed by atoms with Crippen LogP contribution in [0.25, 0.3) is 0 Å². The third kappa shape index (κ3) is 4.62. The molecule has 0 fully saturated rings. The summed E-state index contributed by atoms with van der Waals surface area (Å²) in [6.45, 7) is 2.48. The molecule has 2 N–H and O–H groups in total. The van der Waals surface area contributed by atoms with E-state index in [1.54, 1.807) is 0 Å². The molecule has 2 aromatic rings. The maximum atomic E-state index is 15.3. The summed E-state index contributed by atoms with van der Waals surface area (Å²) in [7, 11) is 0. The molecule has 0 saturated heterocycles. The van der Waals surface area contributed by atoms with Gasteiger partial charge in [-0.05, 0) is 50.6 Å². The highest BCUT2D eigenvalue weighted by molar-refractivity contribution is 5.95. The number of rotatable bonds is 7. The van der Waals surface area contributed by atoms with Gasteiger partial charge in [-0.3, -0.25) is 4.79 Å². The molecule has 11 heteroatoms. The lowest BCUT2D eigenvalue weighted by Gasteiger charge is -2.46. The number of Topliss-reactive ketones (excluding diaryl/α,β-unsaturated/α-hetero) is 1. The van der Waals surface area contributed by atoms with Crippen LogP contribution in [0.2, 0.25) is 0 Å². The predicted molar refractivity (Wildman–Crippen MR) is 109 cm³/mol. The van der Waals surface area contributed by atoms with E-state index in [1.165, 1.54) is 18.2 Å². The number of ether oxygens (including phenoxy) is 2. The van der Waals surface area contributed by atoms with Crippen LogP contribution in [0.1, 0.15) is 42.4 Å². The molecule has 1 aliphatic heterocycles. The molecule has 0 radical (unpaired) electrons. The van der Waals surface area contributed by atoms with Crippen LogP contribution in [-0.4, -0.2) is 41.3 Å². The van der Waals surface area contributed by atoms with E-state index in [1.807, 2.05) is 0 Å².